The molecule has 10 heteroatoms. The molecule has 0 radical (unpaired) electrons. The van der Waals surface area contributed by atoms with Crippen LogP contribution >= 0.6 is 11.6 Å². The number of rotatable bonds is 2. The standard InChI is InChI=1S/C14H12ClN7O2/c1-14(2)12(23)19-10-7(24-14)3-4-8(17-10)18-13-20-11-9(15)16-5-6-22(11)21-13/h3-6H,1-2H3,(H2,17,18,19,21,23). The van der Waals surface area contributed by atoms with Crippen molar-refractivity contribution in [1.82, 2.24) is 24.6 Å². The fourth-order valence-electron chi connectivity index (χ4n) is 2.22. The first kappa shape index (κ1) is 14.6. The third-order valence-electron chi connectivity index (χ3n) is 3.45. The summed E-state index contributed by atoms with van der Waals surface area (Å²) in [5.41, 5.74) is -0.505. The lowest BCUT2D eigenvalue weighted by atomic mass is 10.1. The topological polar surface area (TPSA) is 106 Å². The molecular formula is C14H12ClN7O2. The molecule has 9 nitrogen and oxygen atoms in total. The summed E-state index contributed by atoms with van der Waals surface area (Å²) in [6, 6.07) is 3.42. The van der Waals surface area contributed by atoms with Gasteiger partial charge in [0.1, 0.15) is 5.82 Å². The Morgan fingerprint density at radius 3 is 2.96 bits per heavy atom. The second-order valence-corrected chi connectivity index (χ2v) is 6.01. The van der Waals surface area contributed by atoms with Crippen LogP contribution < -0.4 is 15.4 Å². The van der Waals surface area contributed by atoms with Crippen LogP contribution in [0.4, 0.5) is 17.6 Å². The summed E-state index contributed by atoms with van der Waals surface area (Å²) in [4.78, 5) is 24.5. The molecule has 4 rings (SSSR count). The SMILES string of the molecule is CC1(C)Oc2ccc(Nc3nc4c(Cl)nccn4n3)nc2NC1=O. The smallest absolute Gasteiger partial charge is 0.269 e. The highest BCUT2D eigenvalue weighted by Crippen LogP contribution is 2.33. The second-order valence-electron chi connectivity index (χ2n) is 5.66. The summed E-state index contributed by atoms with van der Waals surface area (Å²) in [6.45, 7) is 3.38. The number of ether oxygens (including phenoxy) is 1. The number of aromatic nitrogens is 5. The molecule has 4 heterocycles. The van der Waals surface area contributed by atoms with Crippen LogP contribution in [0.5, 0.6) is 5.75 Å². The van der Waals surface area contributed by atoms with Gasteiger partial charge in [0, 0.05) is 12.4 Å². The van der Waals surface area contributed by atoms with Gasteiger partial charge in [-0.15, -0.1) is 5.10 Å². The highest BCUT2D eigenvalue weighted by Gasteiger charge is 2.36. The van der Waals surface area contributed by atoms with E-state index in [4.69, 9.17) is 16.3 Å². The Morgan fingerprint density at radius 1 is 1.33 bits per heavy atom. The maximum Gasteiger partial charge on any atom is 0.269 e. The number of carbonyl (C=O) groups excluding carboxylic acids is 1. The fourth-order valence-corrected chi connectivity index (χ4v) is 2.41. The third kappa shape index (κ3) is 2.38. The van der Waals surface area contributed by atoms with Gasteiger partial charge in [-0.2, -0.15) is 4.98 Å². The Bertz CT molecular complexity index is 969. The van der Waals surface area contributed by atoms with Gasteiger partial charge in [0.25, 0.3) is 5.91 Å². The molecule has 0 fully saturated rings. The van der Waals surface area contributed by atoms with E-state index >= 15 is 0 Å². The first-order valence-electron chi connectivity index (χ1n) is 7.08. The number of hydrogen-bond acceptors (Lipinski definition) is 7. The summed E-state index contributed by atoms with van der Waals surface area (Å²) >= 11 is 5.97. The number of pyridine rings is 1. The Hall–Kier alpha value is -2.94. The zero-order valence-electron chi connectivity index (χ0n) is 12.7. The van der Waals surface area contributed by atoms with Gasteiger partial charge in [0.2, 0.25) is 5.95 Å². The van der Waals surface area contributed by atoms with Crippen LogP contribution in [0.15, 0.2) is 24.5 Å². The molecule has 0 spiro atoms. The number of anilines is 3. The van der Waals surface area contributed by atoms with Gasteiger partial charge in [0.15, 0.2) is 28.0 Å². The van der Waals surface area contributed by atoms with Crippen LogP contribution in [0.1, 0.15) is 13.8 Å². The van der Waals surface area contributed by atoms with E-state index in [-0.39, 0.29) is 11.1 Å². The minimum atomic E-state index is -0.934. The minimum Gasteiger partial charge on any atom is -0.474 e. The van der Waals surface area contributed by atoms with Crippen molar-refractivity contribution in [3.8, 4) is 5.75 Å². The predicted octanol–water partition coefficient (Wildman–Crippen LogP) is 2.03. The maximum atomic E-state index is 12.0. The molecule has 0 bridgehead atoms. The Labute approximate surface area is 141 Å². The molecule has 1 aliphatic rings. The first-order valence-corrected chi connectivity index (χ1v) is 7.45. The van der Waals surface area contributed by atoms with E-state index in [1.165, 1.54) is 10.7 Å². The van der Waals surface area contributed by atoms with Crippen LogP contribution in [-0.4, -0.2) is 36.1 Å². The van der Waals surface area contributed by atoms with Crippen LogP contribution in [0.2, 0.25) is 5.15 Å². The van der Waals surface area contributed by atoms with Crippen molar-refractivity contribution in [2.75, 3.05) is 10.6 Å². The van der Waals surface area contributed by atoms with E-state index in [1.54, 1.807) is 32.2 Å². The molecule has 0 aromatic carbocycles. The summed E-state index contributed by atoms with van der Waals surface area (Å²) in [5, 5.41) is 10.2. The lowest BCUT2D eigenvalue weighted by Crippen LogP contribution is -2.46. The van der Waals surface area contributed by atoms with Crippen molar-refractivity contribution < 1.29 is 9.53 Å². The summed E-state index contributed by atoms with van der Waals surface area (Å²) in [7, 11) is 0. The molecule has 0 aliphatic carbocycles. The third-order valence-corrected chi connectivity index (χ3v) is 3.72. The van der Waals surface area contributed by atoms with Crippen molar-refractivity contribution in [3.05, 3.63) is 29.7 Å². The number of amides is 1. The number of nitrogens with one attached hydrogen (secondary N) is 2. The number of carbonyl (C=O) groups is 1. The van der Waals surface area contributed by atoms with Crippen LogP contribution in [-0.2, 0) is 4.79 Å². The molecule has 0 unspecified atom stereocenters. The summed E-state index contributed by atoms with van der Waals surface area (Å²) < 4.78 is 7.14. The monoisotopic (exact) mass is 345 g/mol. The Balaban J connectivity index is 1.65. The van der Waals surface area contributed by atoms with E-state index < -0.39 is 5.60 Å². The highest BCUT2D eigenvalue weighted by atomic mass is 35.5. The molecular weight excluding hydrogens is 334 g/mol. The molecule has 3 aromatic heterocycles. The van der Waals surface area contributed by atoms with Crippen molar-refractivity contribution in [3.63, 3.8) is 0 Å². The van der Waals surface area contributed by atoms with Gasteiger partial charge in [-0.3, -0.25) is 4.79 Å². The second kappa shape index (κ2) is 5.03. The molecule has 3 aromatic rings. The van der Waals surface area contributed by atoms with E-state index in [0.29, 0.717) is 29.0 Å². The Morgan fingerprint density at radius 2 is 2.17 bits per heavy atom. The van der Waals surface area contributed by atoms with Crippen molar-refractivity contribution >= 4 is 40.7 Å². The first-order chi connectivity index (χ1) is 11.4. The van der Waals surface area contributed by atoms with Gasteiger partial charge in [-0.05, 0) is 26.0 Å². The largest absolute Gasteiger partial charge is 0.474 e. The van der Waals surface area contributed by atoms with Gasteiger partial charge in [-0.1, -0.05) is 11.6 Å². The normalized spacial score (nSPS) is 15.5. The lowest BCUT2D eigenvalue weighted by Gasteiger charge is -2.30. The molecule has 2 N–H and O–H groups in total. The zero-order chi connectivity index (χ0) is 16.9. The molecule has 1 amide bonds. The fraction of sp³-hybridized carbons (Fsp3) is 0.214. The molecule has 24 heavy (non-hydrogen) atoms. The molecule has 0 saturated carbocycles. The van der Waals surface area contributed by atoms with Gasteiger partial charge in [-0.25, -0.2) is 14.5 Å². The van der Waals surface area contributed by atoms with Crippen molar-refractivity contribution in [1.29, 1.82) is 0 Å². The van der Waals surface area contributed by atoms with Gasteiger partial charge < -0.3 is 15.4 Å². The van der Waals surface area contributed by atoms with Gasteiger partial charge in [0.05, 0.1) is 0 Å². The zero-order valence-corrected chi connectivity index (χ0v) is 13.5. The molecule has 1 aliphatic heterocycles. The molecule has 122 valence electrons. The van der Waals surface area contributed by atoms with Crippen molar-refractivity contribution in [2.45, 2.75) is 19.4 Å². The quantitative estimate of drug-likeness (QED) is 0.731. The summed E-state index contributed by atoms with van der Waals surface area (Å²) in [5.74, 6) is 1.34. The van der Waals surface area contributed by atoms with E-state index in [1.807, 2.05) is 0 Å². The molecule has 0 saturated heterocycles. The van der Waals surface area contributed by atoms with Gasteiger partial charge >= 0.3 is 0 Å². The lowest BCUT2D eigenvalue weighted by molar-refractivity contribution is -0.129. The Kier molecular flexibility index (Phi) is 3.07. The van der Waals surface area contributed by atoms with Crippen LogP contribution in [0.3, 0.4) is 0 Å². The highest BCUT2D eigenvalue weighted by molar-refractivity contribution is 6.32. The van der Waals surface area contributed by atoms with Crippen molar-refractivity contribution in [2.24, 2.45) is 0 Å². The molecule has 0 atom stereocenters. The van der Waals surface area contributed by atoms with Crippen LogP contribution in [0.25, 0.3) is 5.65 Å². The van der Waals surface area contributed by atoms with E-state index in [2.05, 4.69) is 30.7 Å². The predicted molar refractivity (Wildman–Crippen MR) is 86.6 cm³/mol. The number of nitrogens with zero attached hydrogens (tertiary/aromatic N) is 5. The number of hydrogen-bond donors (Lipinski definition) is 2. The van der Waals surface area contributed by atoms with E-state index in [0.717, 1.165) is 0 Å². The maximum absolute atomic E-state index is 12.0. The minimum absolute atomic E-state index is 0.249. The van der Waals surface area contributed by atoms with E-state index in [9.17, 15) is 4.79 Å². The average molecular weight is 346 g/mol. The summed E-state index contributed by atoms with van der Waals surface area (Å²) in [6.07, 6.45) is 3.16. The average Bonchev–Trinajstić information content (AvgIpc) is 2.93. The number of fused-ring (bicyclic) bond motifs is 2. The van der Waals surface area contributed by atoms with Crippen LogP contribution in [0, 0.1) is 0 Å². The number of halogens is 1.